The van der Waals surface area contributed by atoms with Gasteiger partial charge in [-0.3, -0.25) is 0 Å². The van der Waals surface area contributed by atoms with E-state index in [2.05, 4.69) is 32.6 Å². The third-order valence-electron chi connectivity index (χ3n) is 7.70. The van der Waals surface area contributed by atoms with Crippen LogP contribution in [0.25, 0.3) is 0 Å². The van der Waals surface area contributed by atoms with Crippen molar-refractivity contribution in [3.8, 4) is 0 Å². The maximum Gasteiger partial charge on any atom is 0.0678 e. The zero-order valence-corrected chi connectivity index (χ0v) is 19.2. The molecule has 2 fully saturated rings. The third-order valence-corrected chi connectivity index (χ3v) is 7.70. The Kier molecular flexibility index (Phi) is 8.75. The summed E-state index contributed by atoms with van der Waals surface area (Å²) in [6.07, 6.45) is 14.4. The summed E-state index contributed by atoms with van der Waals surface area (Å²) in [4.78, 5) is 0. The highest BCUT2D eigenvalue weighted by Crippen LogP contribution is 2.59. The molecule has 0 aromatic heterocycles. The lowest BCUT2D eigenvalue weighted by atomic mass is 9.60. The van der Waals surface area contributed by atoms with Crippen molar-refractivity contribution >= 4 is 0 Å². The van der Waals surface area contributed by atoms with Gasteiger partial charge in [-0.1, -0.05) is 51.0 Å². The Morgan fingerprint density at radius 1 is 1.31 bits per heavy atom. The van der Waals surface area contributed by atoms with Gasteiger partial charge in [0.15, 0.2) is 0 Å². The number of aliphatic hydroxyl groups excluding tert-OH is 2. The van der Waals surface area contributed by atoms with Crippen molar-refractivity contribution in [3.63, 3.8) is 0 Å². The number of allylic oxidation sites excluding steroid dienone is 3. The molecule has 0 radical (unpaired) electrons. The van der Waals surface area contributed by atoms with Crippen molar-refractivity contribution in [2.75, 3.05) is 13.2 Å². The van der Waals surface area contributed by atoms with E-state index in [0.29, 0.717) is 29.2 Å². The second-order valence-corrected chi connectivity index (χ2v) is 10.4. The lowest BCUT2D eigenvalue weighted by molar-refractivity contribution is 0.0596. The summed E-state index contributed by atoms with van der Waals surface area (Å²) in [5.41, 5.74) is 3.03. The molecule has 2 rings (SSSR count). The molecule has 0 spiro atoms. The molecule has 2 aliphatic carbocycles. The minimum atomic E-state index is -0.556. The maximum absolute atomic E-state index is 10.0. The highest BCUT2D eigenvalue weighted by atomic mass is 16.3. The SMILES string of the molecule is C=C(CO)/C(=C/C=C1\CCC[C@]2(C)[C@@H]([C@H](C)CCCC(C)(C)O)CC[C@@H]12)CCO. The maximum atomic E-state index is 10.0. The van der Waals surface area contributed by atoms with Crippen LogP contribution in [0.15, 0.2) is 35.5 Å². The van der Waals surface area contributed by atoms with E-state index in [4.69, 9.17) is 0 Å². The predicted molar refractivity (Wildman–Crippen MR) is 122 cm³/mol. The Bertz CT molecular complexity index is 610. The van der Waals surface area contributed by atoms with Crippen LogP contribution < -0.4 is 0 Å². The molecule has 29 heavy (non-hydrogen) atoms. The molecule has 0 unspecified atom stereocenters. The Morgan fingerprint density at radius 3 is 2.66 bits per heavy atom. The first-order valence-corrected chi connectivity index (χ1v) is 11.6. The molecular weight excluding hydrogens is 360 g/mol. The number of rotatable bonds is 10. The summed E-state index contributed by atoms with van der Waals surface area (Å²) in [6.45, 7) is 12.7. The molecule has 3 nitrogen and oxygen atoms in total. The molecule has 0 heterocycles. The lowest BCUT2D eigenvalue weighted by Gasteiger charge is -2.44. The van der Waals surface area contributed by atoms with Gasteiger partial charge in [0.2, 0.25) is 0 Å². The number of hydrogen-bond acceptors (Lipinski definition) is 3. The molecule has 2 aliphatic rings. The molecule has 0 aromatic carbocycles. The van der Waals surface area contributed by atoms with Crippen LogP contribution in [-0.2, 0) is 0 Å². The van der Waals surface area contributed by atoms with E-state index in [0.717, 1.165) is 30.8 Å². The number of fused-ring (bicyclic) bond motifs is 1. The van der Waals surface area contributed by atoms with Crippen molar-refractivity contribution in [1.29, 1.82) is 0 Å². The summed E-state index contributed by atoms with van der Waals surface area (Å²) in [5.74, 6) is 2.10. The normalized spacial score (nSPS) is 30.4. The van der Waals surface area contributed by atoms with Crippen molar-refractivity contribution in [2.24, 2.45) is 23.2 Å². The van der Waals surface area contributed by atoms with Gasteiger partial charge in [-0.05, 0) is 93.1 Å². The minimum absolute atomic E-state index is 0.0552. The van der Waals surface area contributed by atoms with E-state index in [1.165, 1.54) is 32.1 Å². The molecule has 0 amide bonds. The van der Waals surface area contributed by atoms with E-state index in [1.807, 2.05) is 13.8 Å². The van der Waals surface area contributed by atoms with Gasteiger partial charge in [0.1, 0.15) is 0 Å². The summed E-state index contributed by atoms with van der Waals surface area (Å²) >= 11 is 0. The highest BCUT2D eigenvalue weighted by Gasteiger charge is 2.50. The summed E-state index contributed by atoms with van der Waals surface area (Å²) in [5, 5.41) is 28.8. The Labute approximate surface area is 178 Å². The van der Waals surface area contributed by atoms with E-state index < -0.39 is 5.60 Å². The molecule has 0 bridgehead atoms. The van der Waals surface area contributed by atoms with Crippen molar-refractivity contribution in [2.45, 2.75) is 91.1 Å². The van der Waals surface area contributed by atoms with E-state index in [1.54, 1.807) is 5.57 Å². The van der Waals surface area contributed by atoms with Crippen molar-refractivity contribution < 1.29 is 15.3 Å². The van der Waals surface area contributed by atoms with Gasteiger partial charge in [0, 0.05) is 6.61 Å². The van der Waals surface area contributed by atoms with Crippen LogP contribution in [0.5, 0.6) is 0 Å². The first kappa shape index (κ1) is 24.4. The van der Waals surface area contributed by atoms with Gasteiger partial charge < -0.3 is 15.3 Å². The van der Waals surface area contributed by atoms with Gasteiger partial charge in [0.25, 0.3) is 0 Å². The zero-order valence-electron chi connectivity index (χ0n) is 19.2. The van der Waals surface area contributed by atoms with Gasteiger partial charge in [0.05, 0.1) is 12.2 Å². The average molecular weight is 405 g/mol. The van der Waals surface area contributed by atoms with Crippen LogP contribution in [0.3, 0.4) is 0 Å². The van der Waals surface area contributed by atoms with Crippen LogP contribution in [0.4, 0.5) is 0 Å². The van der Waals surface area contributed by atoms with Gasteiger partial charge in [-0.25, -0.2) is 0 Å². The van der Waals surface area contributed by atoms with E-state index in [9.17, 15) is 15.3 Å². The third kappa shape index (κ3) is 6.29. The largest absolute Gasteiger partial charge is 0.396 e. The molecule has 4 atom stereocenters. The highest BCUT2D eigenvalue weighted by molar-refractivity contribution is 5.34. The summed E-state index contributed by atoms with van der Waals surface area (Å²) in [7, 11) is 0. The molecular formula is C26H44O3. The van der Waals surface area contributed by atoms with Gasteiger partial charge >= 0.3 is 0 Å². The molecule has 166 valence electrons. The summed E-state index contributed by atoms with van der Waals surface area (Å²) < 4.78 is 0. The predicted octanol–water partition coefficient (Wildman–Crippen LogP) is 5.56. The Morgan fingerprint density at radius 2 is 2.03 bits per heavy atom. The fourth-order valence-electron chi connectivity index (χ4n) is 6.08. The second kappa shape index (κ2) is 10.4. The fraction of sp³-hybridized carbons (Fsp3) is 0.769. The molecule has 0 aliphatic heterocycles. The smallest absolute Gasteiger partial charge is 0.0678 e. The fourth-order valence-corrected chi connectivity index (χ4v) is 6.08. The zero-order chi connectivity index (χ0) is 21.7. The lowest BCUT2D eigenvalue weighted by Crippen LogP contribution is -2.36. The Balaban J connectivity index is 2.11. The summed E-state index contributed by atoms with van der Waals surface area (Å²) in [6, 6.07) is 0. The second-order valence-electron chi connectivity index (χ2n) is 10.4. The van der Waals surface area contributed by atoms with Gasteiger partial charge in [-0.2, -0.15) is 0 Å². The van der Waals surface area contributed by atoms with E-state index >= 15 is 0 Å². The van der Waals surface area contributed by atoms with Crippen LogP contribution in [0.1, 0.15) is 85.5 Å². The van der Waals surface area contributed by atoms with Crippen LogP contribution in [-0.4, -0.2) is 34.1 Å². The first-order valence-electron chi connectivity index (χ1n) is 11.6. The van der Waals surface area contributed by atoms with Gasteiger partial charge in [-0.15, -0.1) is 0 Å². The van der Waals surface area contributed by atoms with Crippen molar-refractivity contribution in [3.05, 3.63) is 35.5 Å². The van der Waals surface area contributed by atoms with Crippen LogP contribution in [0.2, 0.25) is 0 Å². The molecule has 0 aromatic rings. The molecule has 3 N–H and O–H groups in total. The monoisotopic (exact) mass is 404 g/mol. The first-order chi connectivity index (χ1) is 13.6. The number of hydrogen-bond donors (Lipinski definition) is 3. The topological polar surface area (TPSA) is 60.7 Å². The molecule has 2 saturated carbocycles. The van der Waals surface area contributed by atoms with Crippen molar-refractivity contribution in [1.82, 2.24) is 0 Å². The average Bonchev–Trinajstić information content (AvgIpc) is 3.01. The van der Waals surface area contributed by atoms with Crippen LogP contribution in [0, 0.1) is 23.2 Å². The minimum Gasteiger partial charge on any atom is -0.396 e. The molecule has 3 heteroatoms. The molecule has 0 saturated heterocycles. The number of aliphatic hydroxyl groups is 3. The van der Waals surface area contributed by atoms with E-state index in [-0.39, 0.29) is 13.2 Å². The quantitative estimate of drug-likeness (QED) is 0.418. The Hall–Kier alpha value is -0.900. The van der Waals surface area contributed by atoms with Crippen LogP contribution >= 0.6 is 0 Å². The standard InChI is InChI=1S/C26H44O3/c1-19(8-6-15-25(3,4)29)23-12-13-24-22(9-7-16-26(23,24)5)11-10-21(14-17-27)20(2)18-28/h10-11,19,23-24,27-29H,2,6-9,12-18H2,1,3-5H3/b21-10+,22-11+/t19-,23-,24+,26-/m1/s1.